The lowest BCUT2D eigenvalue weighted by Gasteiger charge is -2.34. The van der Waals surface area contributed by atoms with E-state index in [0.717, 1.165) is 43.9 Å². The normalized spacial score (nSPS) is 15.9. The summed E-state index contributed by atoms with van der Waals surface area (Å²) in [5, 5.41) is 0. The van der Waals surface area contributed by atoms with Crippen molar-refractivity contribution in [1.82, 2.24) is 9.80 Å². The van der Waals surface area contributed by atoms with Crippen molar-refractivity contribution in [3.63, 3.8) is 0 Å². The molecule has 0 spiro atoms. The van der Waals surface area contributed by atoms with E-state index in [1.54, 1.807) is 0 Å². The van der Waals surface area contributed by atoms with Crippen molar-refractivity contribution in [2.45, 2.75) is 33.6 Å². The molecule has 1 aromatic rings. The maximum atomic E-state index is 12.4. The maximum Gasteiger partial charge on any atom is 0.232 e. The Balaban J connectivity index is 1.94. The number of rotatable bonds is 7. The molecule has 146 valence electrons. The summed E-state index contributed by atoms with van der Waals surface area (Å²) in [6.07, 6.45) is 2.11. The molecule has 1 heterocycles. The van der Waals surface area contributed by atoms with Crippen LogP contribution >= 0.6 is 0 Å². The molecule has 1 aliphatic heterocycles. The topological polar surface area (TPSA) is 60.9 Å². The molecular formula is C19H31N3O3S. The summed E-state index contributed by atoms with van der Waals surface area (Å²) in [6, 6.07) is 5.65. The highest BCUT2D eigenvalue weighted by molar-refractivity contribution is 7.92. The molecule has 1 amide bonds. The van der Waals surface area contributed by atoms with Crippen molar-refractivity contribution in [2.75, 3.05) is 49.8 Å². The highest BCUT2D eigenvalue weighted by Crippen LogP contribution is 2.22. The Morgan fingerprint density at radius 2 is 1.77 bits per heavy atom. The third kappa shape index (κ3) is 5.45. The molecule has 0 aromatic heterocycles. The minimum Gasteiger partial charge on any atom is -0.340 e. The molecule has 1 saturated heterocycles. The van der Waals surface area contributed by atoms with Crippen LogP contribution in [0.25, 0.3) is 0 Å². The third-order valence-electron chi connectivity index (χ3n) is 5.10. The van der Waals surface area contributed by atoms with Gasteiger partial charge in [-0.1, -0.05) is 13.0 Å². The predicted octanol–water partition coefficient (Wildman–Crippen LogP) is 2.01. The Kier molecular flexibility index (Phi) is 7.06. The van der Waals surface area contributed by atoms with Gasteiger partial charge in [-0.05, 0) is 50.1 Å². The van der Waals surface area contributed by atoms with Gasteiger partial charge in [-0.2, -0.15) is 0 Å². The standard InChI is InChI=1S/C19H31N3O3S/c1-5-20-11-13-21(14-12-20)19(23)7-6-10-22(26(4,24)25)18-9-8-16(2)17(3)15-18/h8-9,15H,5-7,10-14H2,1-4H3. The monoisotopic (exact) mass is 381 g/mol. The van der Waals surface area contributed by atoms with Crippen molar-refractivity contribution in [1.29, 1.82) is 0 Å². The van der Waals surface area contributed by atoms with Crippen LogP contribution in [0, 0.1) is 13.8 Å². The van der Waals surface area contributed by atoms with Crippen LogP contribution in [0.15, 0.2) is 18.2 Å². The van der Waals surface area contributed by atoms with Crippen LogP contribution in [-0.2, 0) is 14.8 Å². The molecule has 0 N–H and O–H groups in total. The number of hydrogen-bond acceptors (Lipinski definition) is 4. The molecule has 7 heteroatoms. The first-order chi connectivity index (χ1) is 12.2. The smallest absolute Gasteiger partial charge is 0.232 e. The molecule has 0 unspecified atom stereocenters. The maximum absolute atomic E-state index is 12.4. The highest BCUT2D eigenvalue weighted by Gasteiger charge is 2.22. The summed E-state index contributed by atoms with van der Waals surface area (Å²) < 4.78 is 25.8. The fraction of sp³-hybridized carbons (Fsp3) is 0.632. The minimum absolute atomic E-state index is 0.120. The molecule has 1 fully saturated rings. The predicted molar refractivity (Wildman–Crippen MR) is 106 cm³/mol. The number of carbonyl (C=O) groups excluding carboxylic acids is 1. The Hall–Kier alpha value is -1.60. The quantitative estimate of drug-likeness (QED) is 0.725. The van der Waals surface area contributed by atoms with Crippen LogP contribution in [0.3, 0.4) is 0 Å². The fourth-order valence-corrected chi connectivity index (χ4v) is 4.17. The van der Waals surface area contributed by atoms with E-state index in [9.17, 15) is 13.2 Å². The molecule has 1 aliphatic rings. The van der Waals surface area contributed by atoms with Crippen LogP contribution in [0.5, 0.6) is 0 Å². The summed E-state index contributed by atoms with van der Waals surface area (Å²) in [7, 11) is -3.38. The van der Waals surface area contributed by atoms with E-state index in [0.29, 0.717) is 25.1 Å². The lowest BCUT2D eigenvalue weighted by atomic mass is 10.1. The number of benzene rings is 1. The zero-order valence-electron chi connectivity index (χ0n) is 16.4. The summed E-state index contributed by atoms with van der Waals surface area (Å²) in [4.78, 5) is 16.6. The van der Waals surface area contributed by atoms with Crippen molar-refractivity contribution in [3.8, 4) is 0 Å². The van der Waals surface area contributed by atoms with Gasteiger partial charge >= 0.3 is 0 Å². The van der Waals surface area contributed by atoms with Crippen molar-refractivity contribution in [3.05, 3.63) is 29.3 Å². The number of hydrogen-bond donors (Lipinski definition) is 0. The first kappa shape index (κ1) is 20.7. The molecule has 0 atom stereocenters. The van der Waals surface area contributed by atoms with Crippen LogP contribution in [-0.4, -0.2) is 69.6 Å². The first-order valence-electron chi connectivity index (χ1n) is 9.27. The second-order valence-electron chi connectivity index (χ2n) is 7.02. The number of likely N-dealkylation sites (N-methyl/N-ethyl adjacent to an activating group) is 1. The second kappa shape index (κ2) is 8.86. The Bertz CT molecular complexity index is 726. The molecule has 0 radical (unpaired) electrons. The second-order valence-corrected chi connectivity index (χ2v) is 8.93. The van der Waals surface area contributed by atoms with Gasteiger partial charge in [-0.3, -0.25) is 9.10 Å². The lowest BCUT2D eigenvalue weighted by molar-refractivity contribution is -0.132. The summed E-state index contributed by atoms with van der Waals surface area (Å²) in [6.45, 7) is 10.8. The van der Waals surface area contributed by atoms with E-state index in [-0.39, 0.29) is 5.91 Å². The molecule has 26 heavy (non-hydrogen) atoms. The van der Waals surface area contributed by atoms with Crippen LogP contribution in [0.1, 0.15) is 30.9 Å². The minimum atomic E-state index is -3.38. The number of nitrogens with zero attached hydrogens (tertiary/aromatic N) is 3. The van der Waals surface area contributed by atoms with Crippen LogP contribution in [0.2, 0.25) is 0 Å². The SMILES string of the molecule is CCN1CCN(C(=O)CCCN(c2ccc(C)c(C)c2)S(C)(=O)=O)CC1. The fourth-order valence-electron chi connectivity index (χ4n) is 3.21. The molecule has 6 nitrogen and oxygen atoms in total. The third-order valence-corrected chi connectivity index (χ3v) is 6.30. The van der Waals surface area contributed by atoms with E-state index in [1.165, 1.54) is 10.6 Å². The molecule has 1 aromatic carbocycles. The summed E-state index contributed by atoms with van der Waals surface area (Å²) in [5.74, 6) is 0.120. The molecule has 2 rings (SSSR count). The molecule has 0 aliphatic carbocycles. The average molecular weight is 382 g/mol. The zero-order valence-corrected chi connectivity index (χ0v) is 17.2. The number of carbonyl (C=O) groups is 1. The van der Waals surface area contributed by atoms with Crippen molar-refractivity contribution >= 4 is 21.6 Å². The van der Waals surface area contributed by atoms with E-state index in [4.69, 9.17) is 0 Å². The van der Waals surface area contributed by atoms with Crippen LogP contribution in [0.4, 0.5) is 5.69 Å². The summed E-state index contributed by atoms with van der Waals surface area (Å²) in [5.41, 5.74) is 2.85. The van der Waals surface area contributed by atoms with Gasteiger partial charge in [-0.25, -0.2) is 8.42 Å². The average Bonchev–Trinajstić information content (AvgIpc) is 2.60. The van der Waals surface area contributed by atoms with E-state index in [2.05, 4.69) is 11.8 Å². The zero-order chi connectivity index (χ0) is 19.3. The van der Waals surface area contributed by atoms with Gasteiger partial charge in [0.25, 0.3) is 0 Å². The van der Waals surface area contributed by atoms with E-state index >= 15 is 0 Å². The lowest BCUT2D eigenvalue weighted by Crippen LogP contribution is -2.48. The number of sulfonamides is 1. The van der Waals surface area contributed by atoms with Crippen molar-refractivity contribution < 1.29 is 13.2 Å². The number of piperazine rings is 1. The van der Waals surface area contributed by atoms with Gasteiger partial charge in [0.15, 0.2) is 0 Å². The van der Waals surface area contributed by atoms with Gasteiger partial charge in [0, 0.05) is 39.1 Å². The van der Waals surface area contributed by atoms with Crippen LogP contribution < -0.4 is 4.31 Å². The summed E-state index contributed by atoms with van der Waals surface area (Å²) >= 11 is 0. The molecule has 0 bridgehead atoms. The van der Waals surface area contributed by atoms with Gasteiger partial charge in [0.1, 0.15) is 0 Å². The van der Waals surface area contributed by atoms with E-state index < -0.39 is 10.0 Å². The van der Waals surface area contributed by atoms with E-state index in [1.807, 2.05) is 36.9 Å². The number of anilines is 1. The molecular weight excluding hydrogens is 350 g/mol. The highest BCUT2D eigenvalue weighted by atomic mass is 32.2. The Morgan fingerprint density at radius 1 is 1.12 bits per heavy atom. The Labute approximate surface area is 157 Å². The largest absolute Gasteiger partial charge is 0.340 e. The van der Waals surface area contributed by atoms with Gasteiger partial charge in [-0.15, -0.1) is 0 Å². The number of amides is 1. The van der Waals surface area contributed by atoms with Gasteiger partial charge in [0.05, 0.1) is 11.9 Å². The van der Waals surface area contributed by atoms with Gasteiger partial charge < -0.3 is 9.80 Å². The van der Waals surface area contributed by atoms with Crippen molar-refractivity contribution in [2.24, 2.45) is 0 Å². The Morgan fingerprint density at radius 3 is 2.31 bits per heavy atom. The number of aryl methyl sites for hydroxylation is 2. The molecule has 0 saturated carbocycles. The van der Waals surface area contributed by atoms with Gasteiger partial charge in [0.2, 0.25) is 15.9 Å². The first-order valence-corrected chi connectivity index (χ1v) is 11.1.